The maximum absolute atomic E-state index is 12.5. The van der Waals surface area contributed by atoms with Crippen molar-refractivity contribution in [1.82, 2.24) is 10.2 Å². The second-order valence-corrected chi connectivity index (χ2v) is 7.68. The van der Waals surface area contributed by atoms with Crippen LogP contribution in [-0.2, 0) is 9.59 Å². The Kier molecular flexibility index (Phi) is 6.67. The molecular formula is C19H32N2O2. The molecule has 1 atom stereocenters. The first-order valence-electron chi connectivity index (χ1n) is 9.21. The van der Waals surface area contributed by atoms with Crippen LogP contribution in [0.25, 0.3) is 0 Å². The van der Waals surface area contributed by atoms with Gasteiger partial charge in [0.15, 0.2) is 0 Å². The quantitative estimate of drug-likeness (QED) is 0.809. The van der Waals surface area contributed by atoms with Gasteiger partial charge in [0.05, 0.1) is 0 Å². The molecule has 1 aliphatic heterocycles. The van der Waals surface area contributed by atoms with Gasteiger partial charge in [0.2, 0.25) is 11.8 Å². The van der Waals surface area contributed by atoms with Gasteiger partial charge in [0.1, 0.15) is 0 Å². The Labute approximate surface area is 140 Å². The van der Waals surface area contributed by atoms with Gasteiger partial charge >= 0.3 is 0 Å². The van der Waals surface area contributed by atoms with Crippen LogP contribution in [0.5, 0.6) is 0 Å². The highest BCUT2D eigenvalue weighted by atomic mass is 16.2. The number of hydrogen-bond donors (Lipinski definition) is 1. The first-order chi connectivity index (χ1) is 11.0. The fourth-order valence-electron chi connectivity index (χ4n) is 3.42. The number of amides is 2. The van der Waals surface area contributed by atoms with E-state index < -0.39 is 0 Å². The lowest BCUT2D eigenvalue weighted by atomic mass is 9.87. The summed E-state index contributed by atoms with van der Waals surface area (Å²) >= 11 is 0. The lowest BCUT2D eigenvalue weighted by Gasteiger charge is -2.32. The van der Waals surface area contributed by atoms with Crippen molar-refractivity contribution >= 4 is 11.8 Å². The van der Waals surface area contributed by atoms with Crippen LogP contribution in [0, 0.1) is 17.8 Å². The smallest absolute Gasteiger partial charge is 0.246 e. The maximum atomic E-state index is 12.5. The molecule has 0 aromatic carbocycles. The van der Waals surface area contributed by atoms with Crippen LogP contribution in [0.1, 0.15) is 59.3 Å². The van der Waals surface area contributed by atoms with Crippen LogP contribution in [0.15, 0.2) is 11.6 Å². The van der Waals surface area contributed by atoms with E-state index in [1.807, 2.05) is 24.8 Å². The van der Waals surface area contributed by atoms with Gasteiger partial charge in [-0.1, -0.05) is 26.3 Å². The Hall–Kier alpha value is -1.32. The molecule has 0 aromatic rings. The molecule has 2 aliphatic rings. The van der Waals surface area contributed by atoms with Gasteiger partial charge in [-0.05, 0) is 50.4 Å². The summed E-state index contributed by atoms with van der Waals surface area (Å²) < 4.78 is 0. The second kappa shape index (κ2) is 8.51. The first kappa shape index (κ1) is 18.0. The SMILES string of the molecule is CC1CCC(=CC(=O)N2CCC[C@@H](CNC(=O)C(C)C)C2)CC1. The maximum Gasteiger partial charge on any atom is 0.246 e. The third kappa shape index (κ3) is 5.67. The number of carbonyl (C=O) groups is 2. The van der Waals surface area contributed by atoms with Crippen molar-refractivity contribution in [3.05, 3.63) is 11.6 Å². The summed E-state index contributed by atoms with van der Waals surface area (Å²) in [5, 5.41) is 3.01. The highest BCUT2D eigenvalue weighted by Crippen LogP contribution is 2.28. The predicted octanol–water partition coefficient (Wildman–Crippen LogP) is 3.13. The summed E-state index contributed by atoms with van der Waals surface area (Å²) in [6, 6.07) is 0. The Bertz CT molecular complexity index is 446. The average Bonchev–Trinajstić information content (AvgIpc) is 2.54. The van der Waals surface area contributed by atoms with Gasteiger partial charge in [-0.25, -0.2) is 0 Å². The summed E-state index contributed by atoms with van der Waals surface area (Å²) in [5.74, 6) is 1.49. The number of piperidine rings is 1. The van der Waals surface area contributed by atoms with Crippen molar-refractivity contribution in [1.29, 1.82) is 0 Å². The number of nitrogens with zero attached hydrogens (tertiary/aromatic N) is 1. The van der Waals surface area contributed by atoms with Gasteiger partial charge in [0.25, 0.3) is 0 Å². The highest BCUT2D eigenvalue weighted by Gasteiger charge is 2.24. The van der Waals surface area contributed by atoms with E-state index in [0.717, 1.165) is 44.7 Å². The van der Waals surface area contributed by atoms with Crippen LogP contribution >= 0.6 is 0 Å². The fourth-order valence-corrected chi connectivity index (χ4v) is 3.42. The third-order valence-corrected chi connectivity index (χ3v) is 5.16. The minimum absolute atomic E-state index is 0.0229. The summed E-state index contributed by atoms with van der Waals surface area (Å²) in [6.07, 6.45) is 8.60. The summed E-state index contributed by atoms with van der Waals surface area (Å²) in [5.41, 5.74) is 1.32. The molecule has 1 saturated carbocycles. The Morgan fingerprint density at radius 1 is 1.26 bits per heavy atom. The molecule has 1 N–H and O–H groups in total. The molecule has 0 aromatic heterocycles. The Morgan fingerprint density at radius 3 is 2.61 bits per heavy atom. The number of rotatable bonds is 4. The minimum atomic E-state index is 0.0229. The van der Waals surface area contributed by atoms with E-state index in [1.54, 1.807) is 0 Å². The molecule has 1 heterocycles. The van der Waals surface area contributed by atoms with E-state index in [4.69, 9.17) is 0 Å². The lowest BCUT2D eigenvalue weighted by molar-refractivity contribution is -0.127. The monoisotopic (exact) mass is 320 g/mol. The number of likely N-dealkylation sites (tertiary alicyclic amines) is 1. The normalized spacial score (nSPS) is 25.4. The first-order valence-corrected chi connectivity index (χ1v) is 9.21. The molecule has 1 aliphatic carbocycles. The number of carbonyl (C=O) groups excluding carboxylic acids is 2. The van der Waals surface area contributed by atoms with Crippen molar-refractivity contribution in [2.45, 2.75) is 59.3 Å². The van der Waals surface area contributed by atoms with Crippen molar-refractivity contribution in [3.8, 4) is 0 Å². The van der Waals surface area contributed by atoms with Crippen molar-refractivity contribution in [2.75, 3.05) is 19.6 Å². The van der Waals surface area contributed by atoms with Crippen molar-refractivity contribution < 1.29 is 9.59 Å². The molecule has 0 spiro atoms. The van der Waals surface area contributed by atoms with Crippen LogP contribution in [0.4, 0.5) is 0 Å². The molecular weight excluding hydrogens is 288 g/mol. The summed E-state index contributed by atoms with van der Waals surface area (Å²) in [4.78, 5) is 26.2. The zero-order chi connectivity index (χ0) is 16.8. The number of hydrogen-bond acceptors (Lipinski definition) is 2. The molecule has 0 unspecified atom stereocenters. The predicted molar refractivity (Wildman–Crippen MR) is 92.9 cm³/mol. The van der Waals surface area contributed by atoms with Crippen LogP contribution < -0.4 is 5.32 Å². The molecule has 0 bridgehead atoms. The molecule has 1 saturated heterocycles. The van der Waals surface area contributed by atoms with Gasteiger partial charge in [-0.2, -0.15) is 0 Å². The summed E-state index contributed by atoms with van der Waals surface area (Å²) in [6.45, 7) is 8.42. The van der Waals surface area contributed by atoms with Crippen LogP contribution in [0.2, 0.25) is 0 Å². The molecule has 23 heavy (non-hydrogen) atoms. The van der Waals surface area contributed by atoms with Gasteiger partial charge in [0, 0.05) is 31.6 Å². The van der Waals surface area contributed by atoms with E-state index in [2.05, 4.69) is 12.2 Å². The van der Waals surface area contributed by atoms with Gasteiger partial charge in [-0.15, -0.1) is 0 Å². The molecule has 2 fully saturated rings. The van der Waals surface area contributed by atoms with Crippen LogP contribution in [0.3, 0.4) is 0 Å². The van der Waals surface area contributed by atoms with Crippen LogP contribution in [-0.4, -0.2) is 36.3 Å². The largest absolute Gasteiger partial charge is 0.356 e. The zero-order valence-electron chi connectivity index (χ0n) is 14.9. The molecule has 4 heteroatoms. The Balaban J connectivity index is 1.82. The zero-order valence-corrected chi connectivity index (χ0v) is 14.9. The highest BCUT2D eigenvalue weighted by molar-refractivity contribution is 5.88. The Morgan fingerprint density at radius 2 is 1.96 bits per heavy atom. The molecule has 2 amide bonds. The second-order valence-electron chi connectivity index (χ2n) is 7.68. The van der Waals surface area contributed by atoms with E-state index in [-0.39, 0.29) is 17.7 Å². The molecule has 130 valence electrons. The fraction of sp³-hybridized carbons (Fsp3) is 0.789. The topological polar surface area (TPSA) is 49.4 Å². The average molecular weight is 320 g/mol. The number of nitrogens with one attached hydrogen (secondary N) is 1. The summed E-state index contributed by atoms with van der Waals surface area (Å²) in [7, 11) is 0. The van der Waals surface area contributed by atoms with Crippen molar-refractivity contribution in [3.63, 3.8) is 0 Å². The third-order valence-electron chi connectivity index (χ3n) is 5.16. The lowest BCUT2D eigenvalue weighted by Crippen LogP contribution is -2.43. The van der Waals surface area contributed by atoms with E-state index in [1.165, 1.54) is 18.4 Å². The minimum Gasteiger partial charge on any atom is -0.356 e. The molecule has 4 nitrogen and oxygen atoms in total. The van der Waals surface area contributed by atoms with E-state index >= 15 is 0 Å². The van der Waals surface area contributed by atoms with E-state index in [0.29, 0.717) is 12.5 Å². The van der Waals surface area contributed by atoms with Gasteiger partial charge in [-0.3, -0.25) is 9.59 Å². The van der Waals surface area contributed by atoms with Crippen molar-refractivity contribution in [2.24, 2.45) is 17.8 Å². The number of allylic oxidation sites excluding steroid dienone is 1. The standard InChI is InChI=1S/C19H32N2O2/c1-14(2)19(23)20-12-17-5-4-10-21(13-17)18(22)11-16-8-6-15(3)7-9-16/h11,14-15,17H,4-10,12-13H2,1-3H3,(H,20,23)/t15?,17-/m0/s1. The van der Waals surface area contributed by atoms with E-state index in [9.17, 15) is 9.59 Å². The molecule has 2 rings (SSSR count). The molecule has 0 radical (unpaired) electrons. The van der Waals surface area contributed by atoms with Gasteiger partial charge < -0.3 is 10.2 Å².